The molecule has 1 fully saturated rings. The van der Waals surface area contributed by atoms with Crippen molar-refractivity contribution in [2.24, 2.45) is 5.92 Å². The number of carbonyl (C=O) groups excluding carboxylic acids is 1. The summed E-state index contributed by atoms with van der Waals surface area (Å²) in [6, 6.07) is 11.4. The van der Waals surface area contributed by atoms with Crippen LogP contribution >= 0.6 is 0 Å². The molecule has 8 nitrogen and oxygen atoms in total. The molecule has 1 amide bonds. The molecule has 0 spiro atoms. The number of hydrogen-bond acceptors (Lipinski definition) is 6. The topological polar surface area (TPSA) is 99.2 Å². The van der Waals surface area contributed by atoms with E-state index in [1.165, 1.54) is 0 Å². The minimum absolute atomic E-state index is 0.0150. The van der Waals surface area contributed by atoms with Crippen LogP contribution in [0.2, 0.25) is 0 Å². The molecule has 0 aliphatic carbocycles. The van der Waals surface area contributed by atoms with Crippen molar-refractivity contribution in [3.63, 3.8) is 0 Å². The Hall–Kier alpha value is -3.47. The van der Waals surface area contributed by atoms with E-state index < -0.39 is 0 Å². The molecule has 1 aliphatic rings. The summed E-state index contributed by atoms with van der Waals surface area (Å²) < 4.78 is 1.87. The lowest BCUT2D eigenvalue weighted by molar-refractivity contribution is -0.125. The van der Waals surface area contributed by atoms with Gasteiger partial charge in [0, 0.05) is 31.4 Å². The number of rotatable bonds is 4. The van der Waals surface area contributed by atoms with Crippen molar-refractivity contribution in [3.8, 4) is 6.07 Å². The van der Waals surface area contributed by atoms with Gasteiger partial charge in [-0.1, -0.05) is 6.07 Å². The summed E-state index contributed by atoms with van der Waals surface area (Å²) in [5, 5.41) is 20.1. The number of amides is 1. The predicted molar refractivity (Wildman–Crippen MR) is 98.7 cm³/mol. The molecule has 1 aliphatic heterocycles. The van der Waals surface area contributed by atoms with E-state index in [4.69, 9.17) is 5.26 Å². The average molecular weight is 361 g/mol. The lowest BCUT2D eigenvalue weighted by Crippen LogP contribution is -2.40. The monoisotopic (exact) mass is 361 g/mol. The van der Waals surface area contributed by atoms with Crippen LogP contribution in [0.5, 0.6) is 0 Å². The van der Waals surface area contributed by atoms with E-state index in [9.17, 15) is 4.79 Å². The minimum Gasteiger partial charge on any atom is -0.357 e. The number of nitrogens with one attached hydrogen (secondary N) is 1. The number of anilines is 1. The predicted octanol–water partition coefficient (Wildman–Crippen LogP) is 1.53. The van der Waals surface area contributed by atoms with Crippen molar-refractivity contribution in [2.75, 3.05) is 18.0 Å². The van der Waals surface area contributed by atoms with Crippen LogP contribution in [0.4, 0.5) is 5.82 Å². The number of pyridine rings is 2. The number of nitrogens with zero attached hydrogens (tertiary/aromatic N) is 6. The second-order valence-electron chi connectivity index (χ2n) is 6.54. The SMILES string of the molecule is N#Cc1ccc(N2CCC(C(=O)NCc3nnc4ccccn34)CC2)nc1. The van der Waals surface area contributed by atoms with E-state index >= 15 is 0 Å². The molecule has 4 heterocycles. The quantitative estimate of drug-likeness (QED) is 0.756. The minimum atomic E-state index is -0.0150. The Bertz CT molecular complexity index is 981. The van der Waals surface area contributed by atoms with E-state index in [0.717, 1.165) is 43.2 Å². The Morgan fingerprint density at radius 1 is 1.22 bits per heavy atom. The van der Waals surface area contributed by atoms with Crippen molar-refractivity contribution >= 4 is 17.4 Å². The van der Waals surface area contributed by atoms with Crippen LogP contribution in [0.3, 0.4) is 0 Å². The Balaban J connectivity index is 1.31. The average Bonchev–Trinajstić information content (AvgIpc) is 3.15. The lowest BCUT2D eigenvalue weighted by atomic mass is 9.96. The molecule has 3 aromatic heterocycles. The first-order valence-corrected chi connectivity index (χ1v) is 8.92. The van der Waals surface area contributed by atoms with Crippen molar-refractivity contribution in [1.29, 1.82) is 5.26 Å². The highest BCUT2D eigenvalue weighted by Crippen LogP contribution is 2.22. The molecule has 1 saturated heterocycles. The fourth-order valence-corrected chi connectivity index (χ4v) is 3.33. The Labute approximate surface area is 156 Å². The standard InChI is InChI=1S/C19H19N7O/c20-11-14-4-5-16(21-12-14)25-9-6-15(7-10-25)19(27)22-13-18-24-23-17-3-1-2-8-26(17)18/h1-5,8,12,15H,6-7,9-10,13H2,(H,22,27). The van der Waals surface area contributed by atoms with Gasteiger partial charge in [-0.05, 0) is 37.1 Å². The summed E-state index contributed by atoms with van der Waals surface area (Å²) in [5.74, 6) is 1.61. The molecule has 0 atom stereocenters. The van der Waals surface area contributed by atoms with E-state index in [-0.39, 0.29) is 11.8 Å². The molecule has 0 radical (unpaired) electrons. The number of fused-ring (bicyclic) bond motifs is 1. The van der Waals surface area contributed by atoms with Gasteiger partial charge >= 0.3 is 0 Å². The highest BCUT2D eigenvalue weighted by molar-refractivity contribution is 5.78. The maximum atomic E-state index is 12.5. The second kappa shape index (κ2) is 7.41. The van der Waals surface area contributed by atoms with E-state index in [2.05, 4.69) is 31.5 Å². The molecule has 0 saturated carbocycles. The highest BCUT2D eigenvalue weighted by Gasteiger charge is 2.25. The highest BCUT2D eigenvalue weighted by atomic mass is 16.1. The van der Waals surface area contributed by atoms with Crippen LogP contribution in [0.15, 0.2) is 42.7 Å². The summed E-state index contributed by atoms with van der Waals surface area (Å²) >= 11 is 0. The fraction of sp³-hybridized carbons (Fsp3) is 0.316. The van der Waals surface area contributed by atoms with Crippen LogP contribution in [-0.2, 0) is 11.3 Å². The van der Waals surface area contributed by atoms with Gasteiger partial charge < -0.3 is 10.2 Å². The maximum absolute atomic E-state index is 12.5. The molecular weight excluding hydrogens is 342 g/mol. The molecule has 1 N–H and O–H groups in total. The van der Waals surface area contributed by atoms with Crippen LogP contribution in [0.1, 0.15) is 24.2 Å². The third-order valence-electron chi connectivity index (χ3n) is 4.87. The van der Waals surface area contributed by atoms with Crippen molar-refractivity contribution in [3.05, 3.63) is 54.1 Å². The van der Waals surface area contributed by atoms with Gasteiger partial charge in [0.2, 0.25) is 5.91 Å². The van der Waals surface area contributed by atoms with Gasteiger partial charge in [-0.2, -0.15) is 5.26 Å². The van der Waals surface area contributed by atoms with Gasteiger partial charge in [-0.3, -0.25) is 9.20 Å². The van der Waals surface area contributed by atoms with E-state index in [1.54, 1.807) is 12.3 Å². The van der Waals surface area contributed by atoms with Gasteiger partial charge in [0.25, 0.3) is 0 Å². The number of aromatic nitrogens is 4. The van der Waals surface area contributed by atoms with E-state index in [0.29, 0.717) is 12.1 Å². The normalized spacial score (nSPS) is 14.9. The zero-order valence-electron chi connectivity index (χ0n) is 14.7. The Morgan fingerprint density at radius 2 is 2.07 bits per heavy atom. The van der Waals surface area contributed by atoms with Gasteiger partial charge in [0.15, 0.2) is 11.5 Å². The fourth-order valence-electron chi connectivity index (χ4n) is 3.33. The molecule has 4 rings (SSSR count). The summed E-state index contributed by atoms with van der Waals surface area (Å²) in [6.45, 7) is 1.90. The van der Waals surface area contributed by atoms with Gasteiger partial charge in [-0.25, -0.2) is 4.98 Å². The van der Waals surface area contributed by atoms with Crippen molar-refractivity contribution in [2.45, 2.75) is 19.4 Å². The van der Waals surface area contributed by atoms with E-state index in [1.807, 2.05) is 34.9 Å². The lowest BCUT2D eigenvalue weighted by Gasteiger charge is -2.32. The summed E-state index contributed by atoms with van der Waals surface area (Å²) in [5.41, 5.74) is 1.32. The first kappa shape index (κ1) is 17.0. The molecule has 136 valence electrons. The van der Waals surface area contributed by atoms with Gasteiger partial charge in [-0.15, -0.1) is 10.2 Å². The van der Waals surface area contributed by atoms with Crippen LogP contribution in [0.25, 0.3) is 5.65 Å². The Kier molecular flexibility index (Phi) is 4.66. The van der Waals surface area contributed by atoms with Gasteiger partial charge in [0.05, 0.1) is 12.1 Å². The Morgan fingerprint density at radius 3 is 2.81 bits per heavy atom. The van der Waals surface area contributed by atoms with Crippen LogP contribution in [-0.4, -0.2) is 38.6 Å². The summed E-state index contributed by atoms with van der Waals surface area (Å²) in [4.78, 5) is 19.0. The van der Waals surface area contributed by atoms with Gasteiger partial charge in [0.1, 0.15) is 11.9 Å². The second-order valence-corrected chi connectivity index (χ2v) is 6.54. The number of nitriles is 1. The maximum Gasteiger partial charge on any atom is 0.223 e. The third kappa shape index (κ3) is 3.58. The zero-order chi connectivity index (χ0) is 18.6. The number of piperidine rings is 1. The van der Waals surface area contributed by atoms with Crippen molar-refractivity contribution < 1.29 is 4.79 Å². The summed E-state index contributed by atoms with van der Waals surface area (Å²) in [6.07, 6.45) is 5.01. The smallest absolute Gasteiger partial charge is 0.223 e. The molecular formula is C19H19N7O. The first-order valence-electron chi connectivity index (χ1n) is 8.92. The van der Waals surface area contributed by atoms with Crippen LogP contribution < -0.4 is 10.2 Å². The largest absolute Gasteiger partial charge is 0.357 e. The van der Waals surface area contributed by atoms with Crippen molar-refractivity contribution in [1.82, 2.24) is 24.9 Å². The van der Waals surface area contributed by atoms with Crippen LogP contribution in [0, 0.1) is 17.2 Å². The molecule has 0 bridgehead atoms. The summed E-state index contributed by atoms with van der Waals surface area (Å²) in [7, 11) is 0. The molecule has 3 aromatic rings. The third-order valence-corrected chi connectivity index (χ3v) is 4.87. The number of hydrogen-bond donors (Lipinski definition) is 1. The molecule has 27 heavy (non-hydrogen) atoms. The first-order chi connectivity index (χ1) is 13.2. The molecule has 0 aromatic carbocycles. The number of carbonyl (C=O) groups is 1. The molecule has 8 heteroatoms. The molecule has 0 unspecified atom stereocenters. The zero-order valence-corrected chi connectivity index (χ0v) is 14.7.